The van der Waals surface area contributed by atoms with E-state index in [4.69, 9.17) is 16.3 Å². The summed E-state index contributed by atoms with van der Waals surface area (Å²) in [4.78, 5) is 8.54. The minimum absolute atomic E-state index is 0.0627. The zero-order chi connectivity index (χ0) is 16.7. The van der Waals surface area contributed by atoms with Crippen LogP contribution in [-0.4, -0.2) is 24.4 Å². The van der Waals surface area contributed by atoms with Gasteiger partial charge in [0.1, 0.15) is 5.82 Å². The Labute approximate surface area is 144 Å². The second-order valence-electron chi connectivity index (χ2n) is 5.81. The van der Waals surface area contributed by atoms with Crippen molar-refractivity contribution >= 4 is 33.1 Å². The molecule has 1 aliphatic heterocycles. The van der Waals surface area contributed by atoms with Crippen LogP contribution in [0, 0.1) is 0 Å². The number of sulfonamides is 1. The normalized spacial score (nSPS) is 16.9. The molecule has 126 valence electrons. The molecule has 1 aromatic carbocycles. The molecule has 1 aliphatic carbocycles. The third-order valence-corrected chi connectivity index (χ3v) is 5.54. The molecule has 24 heavy (non-hydrogen) atoms. The molecular formula is C15H15ClN4O3S. The van der Waals surface area contributed by atoms with E-state index in [0.717, 1.165) is 24.1 Å². The molecule has 0 saturated heterocycles. The van der Waals surface area contributed by atoms with Crippen LogP contribution in [0.4, 0.5) is 11.5 Å². The number of rotatable bonds is 5. The fraction of sp³-hybridized carbons (Fsp3) is 0.333. The lowest BCUT2D eigenvalue weighted by Crippen LogP contribution is -2.25. The molecule has 1 aromatic heterocycles. The lowest BCUT2D eigenvalue weighted by atomic mass is 10.2. The largest absolute Gasteiger partial charge is 0.370 e. The first kappa shape index (κ1) is 15.8. The van der Waals surface area contributed by atoms with Crippen molar-refractivity contribution in [3.05, 3.63) is 40.8 Å². The summed E-state index contributed by atoms with van der Waals surface area (Å²) in [6, 6.07) is 6.66. The van der Waals surface area contributed by atoms with Crippen LogP contribution in [-0.2, 0) is 28.0 Å². The van der Waals surface area contributed by atoms with Crippen LogP contribution in [0.3, 0.4) is 0 Å². The predicted molar refractivity (Wildman–Crippen MR) is 88.6 cm³/mol. The molecule has 0 radical (unpaired) electrons. The Kier molecular flexibility index (Phi) is 3.92. The van der Waals surface area contributed by atoms with Crippen molar-refractivity contribution in [2.24, 2.45) is 0 Å². The van der Waals surface area contributed by atoms with Gasteiger partial charge in [0.05, 0.1) is 23.8 Å². The highest BCUT2D eigenvalue weighted by Gasteiger charge is 2.28. The first-order valence-electron chi connectivity index (χ1n) is 7.54. The standard InChI is InChI=1S/C15H15ClN4O3S/c16-15-18-13-8-23-7-12(13)14(19-15)17-10-2-1-3-11(6-10)24(21,22)20-9-4-5-9/h1-3,6,9,20H,4-5,7-8H2,(H,17,18,19). The Hall–Kier alpha value is -1.74. The topological polar surface area (TPSA) is 93.2 Å². The lowest BCUT2D eigenvalue weighted by Gasteiger charge is -2.11. The number of hydrogen-bond acceptors (Lipinski definition) is 6. The van der Waals surface area contributed by atoms with Crippen LogP contribution in [0.15, 0.2) is 29.2 Å². The van der Waals surface area contributed by atoms with Crippen molar-refractivity contribution in [3.63, 3.8) is 0 Å². The number of ether oxygens (including phenoxy) is 1. The quantitative estimate of drug-likeness (QED) is 0.789. The zero-order valence-electron chi connectivity index (χ0n) is 12.6. The maximum Gasteiger partial charge on any atom is 0.240 e. The van der Waals surface area contributed by atoms with Crippen molar-refractivity contribution in [2.45, 2.75) is 37.0 Å². The van der Waals surface area contributed by atoms with E-state index < -0.39 is 10.0 Å². The summed E-state index contributed by atoms with van der Waals surface area (Å²) in [7, 11) is -3.50. The molecule has 9 heteroatoms. The Balaban J connectivity index is 1.63. The Morgan fingerprint density at radius 3 is 2.83 bits per heavy atom. The second kappa shape index (κ2) is 5.96. The van der Waals surface area contributed by atoms with Gasteiger partial charge >= 0.3 is 0 Å². The predicted octanol–water partition coefficient (Wildman–Crippen LogP) is 2.34. The fourth-order valence-electron chi connectivity index (χ4n) is 2.49. The smallest absolute Gasteiger partial charge is 0.240 e. The van der Waals surface area contributed by atoms with Crippen LogP contribution in [0.1, 0.15) is 24.1 Å². The number of hydrogen-bond donors (Lipinski definition) is 2. The average molecular weight is 367 g/mol. The maximum absolute atomic E-state index is 12.3. The van der Waals surface area contributed by atoms with Gasteiger partial charge in [-0.2, -0.15) is 0 Å². The molecule has 4 rings (SSSR count). The summed E-state index contributed by atoms with van der Waals surface area (Å²) >= 11 is 5.94. The number of fused-ring (bicyclic) bond motifs is 1. The van der Waals surface area contributed by atoms with Crippen LogP contribution >= 0.6 is 11.6 Å². The number of nitrogens with zero attached hydrogens (tertiary/aromatic N) is 2. The molecular weight excluding hydrogens is 352 g/mol. The molecule has 7 nitrogen and oxygen atoms in total. The van der Waals surface area contributed by atoms with Gasteiger partial charge in [-0.05, 0) is 42.6 Å². The minimum atomic E-state index is -3.50. The number of aromatic nitrogens is 2. The number of halogens is 1. The number of benzene rings is 1. The highest BCUT2D eigenvalue weighted by atomic mass is 35.5. The summed E-state index contributed by atoms with van der Waals surface area (Å²) in [6.07, 6.45) is 1.78. The van der Waals surface area contributed by atoms with Crippen LogP contribution in [0.25, 0.3) is 0 Å². The van der Waals surface area contributed by atoms with E-state index in [1.54, 1.807) is 24.3 Å². The number of nitrogens with one attached hydrogen (secondary N) is 2. The van der Waals surface area contributed by atoms with Crippen molar-refractivity contribution in [1.29, 1.82) is 0 Å². The van der Waals surface area contributed by atoms with E-state index in [1.807, 2.05) is 0 Å². The van der Waals surface area contributed by atoms with E-state index in [-0.39, 0.29) is 16.2 Å². The van der Waals surface area contributed by atoms with E-state index in [1.165, 1.54) is 0 Å². The van der Waals surface area contributed by atoms with Gasteiger partial charge in [0.2, 0.25) is 15.3 Å². The molecule has 0 spiro atoms. The molecule has 2 N–H and O–H groups in total. The van der Waals surface area contributed by atoms with Gasteiger partial charge in [-0.25, -0.2) is 23.1 Å². The van der Waals surface area contributed by atoms with Gasteiger partial charge in [-0.15, -0.1) is 0 Å². The summed E-state index contributed by atoms with van der Waals surface area (Å²) < 4.78 is 32.7. The molecule has 2 aromatic rings. The first-order valence-corrected chi connectivity index (χ1v) is 9.40. The van der Waals surface area contributed by atoms with Gasteiger partial charge < -0.3 is 10.1 Å². The third kappa shape index (κ3) is 3.23. The molecule has 2 aliphatic rings. The summed E-state index contributed by atoms with van der Waals surface area (Å²) in [5, 5.41) is 3.24. The highest BCUT2D eigenvalue weighted by molar-refractivity contribution is 7.89. The van der Waals surface area contributed by atoms with Gasteiger partial charge in [-0.3, -0.25) is 0 Å². The summed E-state index contributed by atoms with van der Waals surface area (Å²) in [5.74, 6) is 0.534. The first-order chi connectivity index (χ1) is 11.5. The van der Waals surface area contributed by atoms with Gasteiger partial charge in [0.15, 0.2) is 0 Å². The summed E-state index contributed by atoms with van der Waals surface area (Å²) in [5.41, 5.74) is 2.19. The van der Waals surface area contributed by atoms with E-state index in [0.29, 0.717) is 24.7 Å². The molecule has 0 amide bonds. The van der Waals surface area contributed by atoms with Gasteiger partial charge in [-0.1, -0.05) is 6.07 Å². The van der Waals surface area contributed by atoms with Crippen molar-refractivity contribution in [3.8, 4) is 0 Å². The van der Waals surface area contributed by atoms with Crippen molar-refractivity contribution < 1.29 is 13.2 Å². The molecule has 0 atom stereocenters. The molecule has 1 fully saturated rings. The Morgan fingerprint density at radius 2 is 2.04 bits per heavy atom. The van der Waals surface area contributed by atoms with Crippen molar-refractivity contribution in [1.82, 2.24) is 14.7 Å². The zero-order valence-corrected chi connectivity index (χ0v) is 14.2. The van der Waals surface area contributed by atoms with Crippen molar-refractivity contribution in [2.75, 3.05) is 5.32 Å². The summed E-state index contributed by atoms with van der Waals surface area (Å²) in [6.45, 7) is 0.794. The molecule has 0 unspecified atom stereocenters. The molecule has 1 saturated carbocycles. The minimum Gasteiger partial charge on any atom is -0.370 e. The Morgan fingerprint density at radius 1 is 1.21 bits per heavy atom. The van der Waals surface area contributed by atoms with E-state index >= 15 is 0 Å². The van der Waals surface area contributed by atoms with E-state index in [9.17, 15) is 8.42 Å². The highest BCUT2D eigenvalue weighted by Crippen LogP contribution is 2.29. The average Bonchev–Trinajstić information content (AvgIpc) is 3.20. The third-order valence-electron chi connectivity index (χ3n) is 3.86. The van der Waals surface area contributed by atoms with Crippen LogP contribution in [0.2, 0.25) is 5.28 Å². The van der Waals surface area contributed by atoms with Gasteiger partial charge in [0, 0.05) is 17.3 Å². The lowest BCUT2D eigenvalue weighted by molar-refractivity contribution is 0.133. The molecule has 2 heterocycles. The second-order valence-corrected chi connectivity index (χ2v) is 7.86. The van der Waals surface area contributed by atoms with Crippen LogP contribution in [0.5, 0.6) is 0 Å². The monoisotopic (exact) mass is 366 g/mol. The fourth-order valence-corrected chi connectivity index (χ4v) is 4.03. The Bertz CT molecular complexity index is 900. The van der Waals surface area contributed by atoms with Crippen LogP contribution < -0.4 is 10.0 Å². The number of anilines is 2. The molecule has 0 bridgehead atoms. The van der Waals surface area contributed by atoms with E-state index in [2.05, 4.69) is 20.0 Å². The van der Waals surface area contributed by atoms with Gasteiger partial charge in [0.25, 0.3) is 0 Å². The SMILES string of the molecule is O=S(=O)(NC1CC1)c1cccc(Nc2nc(Cl)nc3c2COC3)c1. The maximum atomic E-state index is 12.3.